The molecule has 0 aliphatic carbocycles. The number of fused-ring (bicyclic) bond motifs is 1. The minimum absolute atomic E-state index is 0.297. The van der Waals surface area contributed by atoms with Crippen LogP contribution >= 0.6 is 11.3 Å². The van der Waals surface area contributed by atoms with Crippen LogP contribution in [0.4, 0.5) is 0 Å². The average molecular weight is 302 g/mol. The molecule has 0 amide bonds. The van der Waals surface area contributed by atoms with E-state index in [9.17, 15) is 4.79 Å². The van der Waals surface area contributed by atoms with Crippen molar-refractivity contribution in [2.24, 2.45) is 0 Å². The number of pyridine rings is 1. The zero-order valence-electron chi connectivity index (χ0n) is 12.4. The fourth-order valence-electron chi connectivity index (χ4n) is 2.07. The molecular weight excluding hydrogens is 284 g/mol. The Bertz CT molecular complexity index is 679. The van der Waals surface area contributed by atoms with Crippen molar-refractivity contribution >= 4 is 27.5 Å². The third-order valence-corrected chi connectivity index (χ3v) is 3.80. The molecule has 2 rings (SSSR count). The number of hydrogen-bond donors (Lipinski definition) is 0. The van der Waals surface area contributed by atoms with Crippen LogP contribution < -0.4 is 0 Å². The maximum Gasteiger partial charge on any atom is 0.314 e. The van der Waals surface area contributed by atoms with Crippen molar-refractivity contribution in [2.45, 2.75) is 45.1 Å². The maximum absolute atomic E-state index is 12.4. The molecule has 2 aromatic heterocycles. The van der Waals surface area contributed by atoms with E-state index in [0.717, 1.165) is 15.8 Å². The lowest BCUT2D eigenvalue weighted by Crippen LogP contribution is -2.28. The van der Waals surface area contributed by atoms with Crippen molar-refractivity contribution in [3.8, 4) is 6.07 Å². The summed E-state index contributed by atoms with van der Waals surface area (Å²) in [7, 11) is 0. The lowest BCUT2D eigenvalue weighted by molar-refractivity contribution is -0.156. The van der Waals surface area contributed by atoms with E-state index >= 15 is 0 Å². The Labute approximate surface area is 128 Å². The highest BCUT2D eigenvalue weighted by molar-refractivity contribution is 7.16. The molecule has 0 bridgehead atoms. The Morgan fingerprint density at radius 1 is 1.52 bits per heavy atom. The molecule has 0 N–H and O–H groups in total. The highest BCUT2D eigenvalue weighted by Gasteiger charge is 2.27. The molecule has 0 saturated carbocycles. The van der Waals surface area contributed by atoms with Crippen molar-refractivity contribution in [3.05, 3.63) is 29.3 Å². The summed E-state index contributed by atoms with van der Waals surface area (Å²) in [5.41, 5.74) is 0.271. The quantitative estimate of drug-likeness (QED) is 0.800. The van der Waals surface area contributed by atoms with E-state index in [-0.39, 0.29) is 5.97 Å². The van der Waals surface area contributed by atoms with E-state index < -0.39 is 11.5 Å². The smallest absolute Gasteiger partial charge is 0.314 e. The molecule has 0 radical (unpaired) electrons. The standard InChI is InChI=1S/C16H18N2O2S/c1-16(2,3)20-15(19)13(5-4-7-17)12-9-11-6-8-21-14(11)18-10-12/h6,8-10,13H,4-5H2,1-3H3. The maximum atomic E-state index is 12.4. The van der Waals surface area contributed by atoms with Gasteiger partial charge in [0.2, 0.25) is 0 Å². The number of esters is 1. The topological polar surface area (TPSA) is 63.0 Å². The summed E-state index contributed by atoms with van der Waals surface area (Å²) in [6.07, 6.45) is 2.47. The van der Waals surface area contributed by atoms with Gasteiger partial charge >= 0.3 is 5.97 Å². The minimum Gasteiger partial charge on any atom is -0.459 e. The minimum atomic E-state index is -0.540. The van der Waals surface area contributed by atoms with Crippen molar-refractivity contribution < 1.29 is 9.53 Å². The predicted molar refractivity (Wildman–Crippen MR) is 83.1 cm³/mol. The first kappa shape index (κ1) is 15.5. The second kappa shape index (κ2) is 6.23. The Morgan fingerprint density at radius 3 is 2.95 bits per heavy atom. The normalized spacial score (nSPS) is 12.9. The number of hydrogen-bond acceptors (Lipinski definition) is 5. The summed E-state index contributed by atoms with van der Waals surface area (Å²) < 4.78 is 5.47. The van der Waals surface area contributed by atoms with Crippen LogP contribution in [-0.4, -0.2) is 16.6 Å². The van der Waals surface area contributed by atoms with E-state index in [1.165, 1.54) is 0 Å². The summed E-state index contributed by atoms with van der Waals surface area (Å²) in [5.74, 6) is -0.741. The molecule has 2 heterocycles. The number of carbonyl (C=O) groups is 1. The SMILES string of the molecule is CC(C)(C)OC(=O)C(CCC#N)c1cnc2sccc2c1. The van der Waals surface area contributed by atoms with Gasteiger partial charge in [0.05, 0.1) is 12.0 Å². The Hall–Kier alpha value is -1.93. The van der Waals surface area contributed by atoms with Gasteiger partial charge in [0, 0.05) is 18.0 Å². The van der Waals surface area contributed by atoms with Crippen LogP contribution in [-0.2, 0) is 9.53 Å². The van der Waals surface area contributed by atoms with Gasteiger partial charge in [-0.15, -0.1) is 11.3 Å². The second-order valence-electron chi connectivity index (χ2n) is 5.87. The van der Waals surface area contributed by atoms with Gasteiger partial charge in [-0.25, -0.2) is 4.98 Å². The molecule has 2 aromatic rings. The molecule has 5 heteroatoms. The second-order valence-corrected chi connectivity index (χ2v) is 6.76. The van der Waals surface area contributed by atoms with E-state index in [1.54, 1.807) is 17.5 Å². The van der Waals surface area contributed by atoms with Gasteiger partial charge in [-0.3, -0.25) is 4.79 Å². The lowest BCUT2D eigenvalue weighted by Gasteiger charge is -2.23. The monoisotopic (exact) mass is 302 g/mol. The van der Waals surface area contributed by atoms with Crippen LogP contribution in [0.3, 0.4) is 0 Å². The number of ether oxygens (including phenoxy) is 1. The third kappa shape index (κ3) is 4.02. The van der Waals surface area contributed by atoms with Gasteiger partial charge < -0.3 is 4.74 Å². The van der Waals surface area contributed by atoms with E-state index in [4.69, 9.17) is 10.00 Å². The average Bonchev–Trinajstić information content (AvgIpc) is 2.84. The molecule has 0 spiro atoms. The molecule has 0 aliphatic heterocycles. The molecule has 1 atom stereocenters. The van der Waals surface area contributed by atoms with Crippen LogP contribution in [0.1, 0.15) is 45.1 Å². The van der Waals surface area contributed by atoms with Gasteiger partial charge in [-0.1, -0.05) is 0 Å². The molecule has 0 aromatic carbocycles. The van der Waals surface area contributed by atoms with Gasteiger partial charge in [0.25, 0.3) is 0 Å². The number of carbonyl (C=O) groups excluding carboxylic acids is 1. The Kier molecular flexibility index (Phi) is 4.59. The molecule has 0 saturated heterocycles. The molecule has 21 heavy (non-hydrogen) atoms. The Balaban J connectivity index is 2.30. The largest absolute Gasteiger partial charge is 0.459 e. The molecule has 1 unspecified atom stereocenters. The van der Waals surface area contributed by atoms with Crippen LogP contribution in [0.2, 0.25) is 0 Å². The van der Waals surface area contributed by atoms with Gasteiger partial charge in [-0.2, -0.15) is 5.26 Å². The molecule has 110 valence electrons. The van der Waals surface area contributed by atoms with Crippen LogP contribution in [0.5, 0.6) is 0 Å². The zero-order chi connectivity index (χ0) is 15.5. The van der Waals surface area contributed by atoms with E-state index in [0.29, 0.717) is 12.8 Å². The van der Waals surface area contributed by atoms with Gasteiger partial charge in [0.15, 0.2) is 0 Å². The first-order valence-corrected chi connectivity index (χ1v) is 7.71. The number of thiophene rings is 1. The molecule has 0 aliphatic rings. The first-order chi connectivity index (χ1) is 9.90. The predicted octanol–water partition coefficient (Wildman–Crippen LogP) is 4.03. The van der Waals surface area contributed by atoms with Crippen molar-refractivity contribution in [3.63, 3.8) is 0 Å². The van der Waals surface area contributed by atoms with Gasteiger partial charge in [-0.05, 0) is 50.3 Å². The van der Waals surface area contributed by atoms with Crippen LogP contribution in [0.25, 0.3) is 10.2 Å². The highest BCUT2D eigenvalue weighted by Crippen LogP contribution is 2.28. The fourth-order valence-corrected chi connectivity index (χ4v) is 2.79. The highest BCUT2D eigenvalue weighted by atomic mass is 32.1. The number of rotatable bonds is 4. The zero-order valence-corrected chi connectivity index (χ0v) is 13.2. The van der Waals surface area contributed by atoms with Crippen molar-refractivity contribution in [1.29, 1.82) is 5.26 Å². The summed E-state index contributed by atoms with van der Waals surface area (Å²) >= 11 is 1.56. The number of nitrogens with zero attached hydrogens (tertiary/aromatic N) is 2. The molecule has 0 fully saturated rings. The van der Waals surface area contributed by atoms with E-state index in [2.05, 4.69) is 11.1 Å². The van der Waals surface area contributed by atoms with Crippen molar-refractivity contribution in [2.75, 3.05) is 0 Å². The summed E-state index contributed by atoms with van der Waals surface area (Å²) in [6.45, 7) is 5.52. The van der Waals surface area contributed by atoms with Crippen LogP contribution in [0.15, 0.2) is 23.7 Å². The lowest BCUT2D eigenvalue weighted by atomic mass is 9.95. The fraction of sp³-hybridized carbons (Fsp3) is 0.438. The molecular formula is C16H18N2O2S. The summed E-state index contributed by atoms with van der Waals surface area (Å²) in [4.78, 5) is 17.7. The van der Waals surface area contributed by atoms with Crippen molar-refractivity contribution in [1.82, 2.24) is 4.98 Å². The Morgan fingerprint density at radius 2 is 2.29 bits per heavy atom. The summed E-state index contributed by atoms with van der Waals surface area (Å²) in [5, 5.41) is 11.8. The first-order valence-electron chi connectivity index (χ1n) is 6.83. The third-order valence-electron chi connectivity index (χ3n) is 2.97. The van der Waals surface area contributed by atoms with E-state index in [1.807, 2.05) is 38.3 Å². The molecule has 4 nitrogen and oxygen atoms in total. The number of aromatic nitrogens is 1. The summed E-state index contributed by atoms with van der Waals surface area (Å²) in [6, 6.07) is 6.03. The van der Waals surface area contributed by atoms with Crippen LogP contribution in [0, 0.1) is 11.3 Å². The number of nitriles is 1. The van der Waals surface area contributed by atoms with Gasteiger partial charge in [0.1, 0.15) is 10.4 Å².